The lowest BCUT2D eigenvalue weighted by molar-refractivity contribution is -0.126. The molecule has 0 aliphatic carbocycles. The highest BCUT2D eigenvalue weighted by atomic mass is 35.5. The van der Waals surface area contributed by atoms with Crippen LogP contribution >= 0.6 is 11.6 Å². The molecule has 5 nitrogen and oxygen atoms in total. The minimum Gasteiger partial charge on any atom is -0.361 e. The minimum atomic E-state index is -0.124. The zero-order valence-electron chi connectivity index (χ0n) is 11.9. The second kappa shape index (κ2) is 6.05. The first-order valence-corrected chi connectivity index (χ1v) is 7.48. The predicted molar refractivity (Wildman–Crippen MR) is 84.4 cm³/mol. The lowest BCUT2D eigenvalue weighted by Crippen LogP contribution is -2.56. The molecule has 6 heteroatoms. The smallest absolute Gasteiger partial charge is 0.238 e. The number of piperazine rings is 1. The highest BCUT2D eigenvalue weighted by Gasteiger charge is 2.28. The van der Waals surface area contributed by atoms with E-state index in [0.717, 1.165) is 35.6 Å². The predicted octanol–water partition coefficient (Wildman–Crippen LogP) is 1.34. The van der Waals surface area contributed by atoms with Crippen LogP contribution in [0.4, 0.5) is 0 Å². The largest absolute Gasteiger partial charge is 0.361 e. The van der Waals surface area contributed by atoms with Crippen molar-refractivity contribution in [3.05, 3.63) is 35.0 Å². The van der Waals surface area contributed by atoms with Gasteiger partial charge in [0.15, 0.2) is 0 Å². The van der Waals surface area contributed by atoms with Gasteiger partial charge in [0.1, 0.15) is 6.04 Å². The number of nitrogens with zero attached hydrogens (tertiary/aromatic N) is 1. The summed E-state index contributed by atoms with van der Waals surface area (Å²) in [4.78, 5) is 17.5. The molecule has 21 heavy (non-hydrogen) atoms. The van der Waals surface area contributed by atoms with E-state index >= 15 is 0 Å². The van der Waals surface area contributed by atoms with E-state index in [1.807, 2.05) is 24.4 Å². The summed E-state index contributed by atoms with van der Waals surface area (Å²) in [6, 6.07) is 5.73. The monoisotopic (exact) mass is 306 g/mol. The summed E-state index contributed by atoms with van der Waals surface area (Å²) < 4.78 is 0. The zero-order chi connectivity index (χ0) is 14.8. The summed E-state index contributed by atoms with van der Waals surface area (Å²) >= 11 is 6.01. The summed E-state index contributed by atoms with van der Waals surface area (Å²) in [6.07, 6.45) is 2.00. The van der Waals surface area contributed by atoms with Gasteiger partial charge >= 0.3 is 0 Å². The van der Waals surface area contributed by atoms with Crippen molar-refractivity contribution in [2.75, 3.05) is 26.7 Å². The van der Waals surface area contributed by atoms with Crippen LogP contribution in [0.15, 0.2) is 24.4 Å². The molecule has 1 saturated heterocycles. The molecule has 1 aromatic carbocycles. The van der Waals surface area contributed by atoms with Crippen LogP contribution in [0.5, 0.6) is 0 Å². The molecule has 1 unspecified atom stereocenters. The molecular formula is C15H19ClN4O. The fourth-order valence-corrected chi connectivity index (χ4v) is 3.04. The van der Waals surface area contributed by atoms with Crippen molar-refractivity contribution >= 4 is 28.4 Å². The number of aromatic nitrogens is 1. The van der Waals surface area contributed by atoms with Gasteiger partial charge in [0.25, 0.3) is 0 Å². The summed E-state index contributed by atoms with van der Waals surface area (Å²) in [5, 5.41) is 7.90. The molecular weight excluding hydrogens is 288 g/mol. The van der Waals surface area contributed by atoms with Crippen LogP contribution in [0.2, 0.25) is 5.02 Å². The van der Waals surface area contributed by atoms with Gasteiger partial charge in [-0.25, -0.2) is 0 Å². The molecule has 1 aliphatic heterocycles. The van der Waals surface area contributed by atoms with Crippen molar-refractivity contribution in [3.8, 4) is 0 Å². The number of H-pyrrole nitrogens is 1. The second-order valence-electron chi connectivity index (χ2n) is 5.31. The van der Waals surface area contributed by atoms with Crippen molar-refractivity contribution < 1.29 is 4.79 Å². The highest BCUT2D eigenvalue weighted by molar-refractivity contribution is 6.31. The number of halogens is 1. The van der Waals surface area contributed by atoms with E-state index < -0.39 is 0 Å². The standard InChI is InChI=1S/C15H19ClN4O/c1-17-15(21)14-8-18-4-5-20(14)9-10-7-19-13-6-11(16)2-3-12(10)13/h2-3,6-7,14,18-19H,4-5,8-9H2,1H3,(H,17,21). The van der Waals surface area contributed by atoms with Crippen LogP contribution in [-0.4, -0.2) is 48.5 Å². The lowest BCUT2D eigenvalue weighted by atomic mass is 10.1. The molecule has 112 valence electrons. The minimum absolute atomic E-state index is 0.0603. The Morgan fingerprint density at radius 2 is 2.38 bits per heavy atom. The van der Waals surface area contributed by atoms with Crippen LogP contribution in [0.25, 0.3) is 10.9 Å². The number of benzene rings is 1. The number of carbonyl (C=O) groups excluding carboxylic acids is 1. The molecule has 1 aliphatic rings. The number of likely N-dealkylation sites (N-methyl/N-ethyl adjacent to an activating group) is 1. The maximum Gasteiger partial charge on any atom is 0.238 e. The molecule has 2 aromatic rings. The van der Waals surface area contributed by atoms with E-state index in [9.17, 15) is 4.79 Å². The van der Waals surface area contributed by atoms with E-state index in [4.69, 9.17) is 11.6 Å². The number of rotatable bonds is 3. The quantitative estimate of drug-likeness (QED) is 0.802. The fourth-order valence-electron chi connectivity index (χ4n) is 2.87. The van der Waals surface area contributed by atoms with Crippen LogP contribution in [0.1, 0.15) is 5.56 Å². The Labute approximate surface area is 128 Å². The molecule has 3 rings (SSSR count). The number of nitrogens with one attached hydrogen (secondary N) is 3. The van der Waals surface area contributed by atoms with Gasteiger partial charge in [0, 0.05) is 55.3 Å². The van der Waals surface area contributed by atoms with E-state index in [0.29, 0.717) is 6.54 Å². The van der Waals surface area contributed by atoms with Gasteiger partial charge in [0.2, 0.25) is 5.91 Å². The molecule has 0 saturated carbocycles. The lowest BCUT2D eigenvalue weighted by Gasteiger charge is -2.34. The zero-order valence-corrected chi connectivity index (χ0v) is 12.7. The molecule has 3 N–H and O–H groups in total. The van der Waals surface area contributed by atoms with Crippen LogP contribution in [0, 0.1) is 0 Å². The first-order chi connectivity index (χ1) is 10.2. The van der Waals surface area contributed by atoms with Crippen molar-refractivity contribution in [1.82, 2.24) is 20.5 Å². The number of hydrogen-bond donors (Lipinski definition) is 3. The average molecular weight is 307 g/mol. The third-order valence-electron chi connectivity index (χ3n) is 4.01. The number of aromatic amines is 1. The number of fused-ring (bicyclic) bond motifs is 1. The molecule has 1 aromatic heterocycles. The van der Waals surface area contributed by atoms with Crippen LogP contribution in [-0.2, 0) is 11.3 Å². The van der Waals surface area contributed by atoms with Gasteiger partial charge in [-0.2, -0.15) is 0 Å². The fraction of sp³-hybridized carbons (Fsp3) is 0.400. The van der Waals surface area contributed by atoms with E-state index in [2.05, 4.69) is 20.5 Å². The van der Waals surface area contributed by atoms with Crippen molar-refractivity contribution in [3.63, 3.8) is 0 Å². The Morgan fingerprint density at radius 1 is 1.52 bits per heavy atom. The van der Waals surface area contributed by atoms with Gasteiger partial charge in [0.05, 0.1) is 0 Å². The van der Waals surface area contributed by atoms with Crippen molar-refractivity contribution in [1.29, 1.82) is 0 Å². The topological polar surface area (TPSA) is 60.2 Å². The molecule has 1 amide bonds. The maximum atomic E-state index is 12.0. The van der Waals surface area contributed by atoms with Crippen molar-refractivity contribution in [2.45, 2.75) is 12.6 Å². The molecule has 0 spiro atoms. The van der Waals surface area contributed by atoms with Gasteiger partial charge in [-0.15, -0.1) is 0 Å². The first kappa shape index (κ1) is 14.4. The first-order valence-electron chi connectivity index (χ1n) is 7.11. The number of hydrogen-bond acceptors (Lipinski definition) is 3. The average Bonchev–Trinajstić information content (AvgIpc) is 2.89. The van der Waals surface area contributed by atoms with Gasteiger partial charge in [-0.3, -0.25) is 9.69 Å². The van der Waals surface area contributed by atoms with E-state index in [1.165, 1.54) is 5.56 Å². The van der Waals surface area contributed by atoms with E-state index in [1.54, 1.807) is 7.05 Å². The molecule has 0 bridgehead atoms. The number of carbonyl (C=O) groups is 1. The summed E-state index contributed by atoms with van der Waals surface area (Å²) in [5.41, 5.74) is 2.22. The molecule has 1 fully saturated rings. The van der Waals surface area contributed by atoms with Crippen LogP contribution in [0.3, 0.4) is 0 Å². The van der Waals surface area contributed by atoms with Gasteiger partial charge in [-0.05, 0) is 17.7 Å². The summed E-state index contributed by atoms with van der Waals surface area (Å²) in [5.74, 6) is 0.0603. The summed E-state index contributed by atoms with van der Waals surface area (Å²) in [6.45, 7) is 3.20. The Balaban J connectivity index is 1.84. The Kier molecular flexibility index (Phi) is 4.14. The Morgan fingerprint density at radius 3 is 3.19 bits per heavy atom. The van der Waals surface area contributed by atoms with Crippen LogP contribution < -0.4 is 10.6 Å². The maximum absolute atomic E-state index is 12.0. The molecule has 2 heterocycles. The second-order valence-corrected chi connectivity index (χ2v) is 5.74. The SMILES string of the molecule is CNC(=O)C1CNCCN1Cc1c[nH]c2cc(Cl)ccc12. The third-order valence-corrected chi connectivity index (χ3v) is 4.24. The molecule has 0 radical (unpaired) electrons. The normalized spacial score (nSPS) is 19.8. The Bertz CT molecular complexity index is 654. The summed E-state index contributed by atoms with van der Waals surface area (Å²) in [7, 11) is 1.68. The van der Waals surface area contributed by atoms with Crippen molar-refractivity contribution in [2.24, 2.45) is 0 Å². The third kappa shape index (κ3) is 2.90. The highest BCUT2D eigenvalue weighted by Crippen LogP contribution is 2.24. The Hall–Kier alpha value is -1.56. The molecule has 1 atom stereocenters. The van der Waals surface area contributed by atoms with E-state index in [-0.39, 0.29) is 11.9 Å². The van der Waals surface area contributed by atoms with Gasteiger partial charge < -0.3 is 15.6 Å². The number of amides is 1. The van der Waals surface area contributed by atoms with Gasteiger partial charge in [-0.1, -0.05) is 17.7 Å².